The Bertz CT molecular complexity index is 502. The zero-order valence-electron chi connectivity index (χ0n) is 11.1. The van der Waals surface area contributed by atoms with E-state index < -0.39 is 0 Å². The molecule has 0 fully saturated rings. The van der Waals surface area contributed by atoms with Crippen molar-refractivity contribution in [2.45, 2.75) is 31.0 Å². The van der Waals surface area contributed by atoms with Gasteiger partial charge in [0.15, 0.2) is 0 Å². The van der Waals surface area contributed by atoms with Gasteiger partial charge in [-0.1, -0.05) is 69.5 Å². The molecule has 1 atom stereocenters. The molecule has 0 N–H and O–H groups in total. The van der Waals surface area contributed by atoms with Gasteiger partial charge >= 0.3 is 0 Å². The summed E-state index contributed by atoms with van der Waals surface area (Å²) in [6.45, 7) is 2.12. The number of aryl methyl sites for hydroxylation is 2. The van der Waals surface area contributed by atoms with Crippen LogP contribution in [0.4, 0.5) is 0 Å². The van der Waals surface area contributed by atoms with E-state index in [-0.39, 0.29) is 0 Å². The predicted octanol–water partition coefficient (Wildman–Crippen LogP) is 5.59. The summed E-state index contributed by atoms with van der Waals surface area (Å²) in [5.41, 5.74) is 4.06. The summed E-state index contributed by atoms with van der Waals surface area (Å²) < 4.78 is 0. The van der Waals surface area contributed by atoms with Crippen LogP contribution in [0.5, 0.6) is 0 Å². The molecule has 0 nitrogen and oxygen atoms in total. The Balaban J connectivity index is 1.82. The van der Waals surface area contributed by atoms with Gasteiger partial charge in [0.25, 0.3) is 0 Å². The molecule has 0 aliphatic heterocycles. The van der Waals surface area contributed by atoms with Gasteiger partial charge in [-0.15, -0.1) is 0 Å². The van der Waals surface area contributed by atoms with Crippen molar-refractivity contribution in [3.05, 3.63) is 70.2 Å². The van der Waals surface area contributed by atoms with Gasteiger partial charge in [-0.05, 0) is 49.4 Å². The molecule has 0 heterocycles. The van der Waals surface area contributed by atoms with E-state index in [4.69, 9.17) is 11.6 Å². The molecule has 0 saturated heterocycles. The minimum absolute atomic E-state index is 0.509. The largest absolute Gasteiger partial charge is 0.0887 e. The summed E-state index contributed by atoms with van der Waals surface area (Å²) in [4.78, 5) is 0.509. The van der Waals surface area contributed by atoms with Crippen LogP contribution in [0.3, 0.4) is 0 Å². The molecule has 1 unspecified atom stereocenters. The lowest BCUT2D eigenvalue weighted by Crippen LogP contribution is -2.04. The lowest BCUT2D eigenvalue weighted by Gasteiger charge is -2.10. The Morgan fingerprint density at radius 1 is 0.947 bits per heavy atom. The Labute approximate surface area is 128 Å². The minimum atomic E-state index is 0.509. The average molecular weight is 338 g/mol. The summed E-state index contributed by atoms with van der Waals surface area (Å²) in [5, 5.41) is 0.800. The predicted molar refractivity (Wildman–Crippen MR) is 87.4 cm³/mol. The van der Waals surface area contributed by atoms with E-state index >= 15 is 0 Å². The maximum atomic E-state index is 5.89. The van der Waals surface area contributed by atoms with Crippen molar-refractivity contribution in [3.63, 3.8) is 0 Å². The second kappa shape index (κ2) is 7.12. The molecule has 2 aromatic carbocycles. The van der Waals surface area contributed by atoms with E-state index in [1.165, 1.54) is 16.7 Å². The molecule has 0 aliphatic rings. The molecule has 2 heteroatoms. The zero-order chi connectivity index (χ0) is 13.7. The van der Waals surface area contributed by atoms with E-state index in [1.54, 1.807) is 0 Å². The molecule has 2 aromatic rings. The monoisotopic (exact) mass is 336 g/mol. The second-order valence-electron chi connectivity index (χ2n) is 4.95. The van der Waals surface area contributed by atoms with Crippen molar-refractivity contribution >= 4 is 27.5 Å². The van der Waals surface area contributed by atoms with Crippen LogP contribution >= 0.6 is 27.5 Å². The minimum Gasteiger partial charge on any atom is -0.0887 e. The Kier molecular flexibility index (Phi) is 5.47. The van der Waals surface area contributed by atoms with E-state index in [1.807, 2.05) is 12.1 Å². The Morgan fingerprint density at radius 2 is 1.53 bits per heavy atom. The molecular formula is C17H18BrCl. The summed E-state index contributed by atoms with van der Waals surface area (Å²) in [6.07, 6.45) is 3.30. The van der Waals surface area contributed by atoms with Gasteiger partial charge < -0.3 is 0 Å². The first-order valence-electron chi connectivity index (χ1n) is 6.57. The molecular weight excluding hydrogens is 320 g/mol. The smallest absolute Gasteiger partial charge is 0.0406 e. The van der Waals surface area contributed by atoms with Gasteiger partial charge in [-0.2, -0.15) is 0 Å². The van der Waals surface area contributed by atoms with Crippen LogP contribution in [0.25, 0.3) is 0 Å². The van der Waals surface area contributed by atoms with E-state index in [0.29, 0.717) is 4.83 Å². The third-order valence-corrected chi connectivity index (χ3v) is 4.27. The number of halogens is 2. The van der Waals surface area contributed by atoms with Crippen molar-refractivity contribution in [3.8, 4) is 0 Å². The number of alkyl halides is 1. The first kappa shape index (κ1) is 14.6. The highest BCUT2D eigenvalue weighted by atomic mass is 79.9. The van der Waals surface area contributed by atoms with E-state index in [0.717, 1.165) is 24.3 Å². The summed E-state index contributed by atoms with van der Waals surface area (Å²) in [6, 6.07) is 16.9. The van der Waals surface area contributed by atoms with Gasteiger partial charge in [0.1, 0.15) is 0 Å². The van der Waals surface area contributed by atoms with Gasteiger partial charge in [0.05, 0.1) is 0 Å². The molecule has 0 aliphatic carbocycles. The number of hydrogen-bond donors (Lipinski definition) is 0. The van der Waals surface area contributed by atoms with E-state index in [2.05, 4.69) is 59.3 Å². The summed E-state index contributed by atoms with van der Waals surface area (Å²) in [5.74, 6) is 0. The molecule has 0 spiro atoms. The van der Waals surface area contributed by atoms with Crippen molar-refractivity contribution in [1.82, 2.24) is 0 Å². The highest BCUT2D eigenvalue weighted by Gasteiger charge is 2.06. The van der Waals surface area contributed by atoms with Crippen LogP contribution in [0.1, 0.15) is 23.1 Å². The van der Waals surface area contributed by atoms with Crippen molar-refractivity contribution in [2.24, 2.45) is 0 Å². The van der Waals surface area contributed by atoms with Crippen LogP contribution in [-0.2, 0) is 12.8 Å². The van der Waals surface area contributed by atoms with Crippen LogP contribution < -0.4 is 0 Å². The van der Waals surface area contributed by atoms with Crippen molar-refractivity contribution < 1.29 is 0 Å². The molecule has 2 rings (SSSR count). The molecule has 19 heavy (non-hydrogen) atoms. The van der Waals surface area contributed by atoms with Crippen molar-refractivity contribution in [1.29, 1.82) is 0 Å². The molecule has 0 amide bonds. The van der Waals surface area contributed by atoms with Crippen LogP contribution in [0.15, 0.2) is 48.5 Å². The maximum absolute atomic E-state index is 5.89. The Morgan fingerprint density at radius 3 is 2.16 bits per heavy atom. The topological polar surface area (TPSA) is 0 Å². The molecule has 100 valence electrons. The number of benzene rings is 2. The Hall–Kier alpha value is -0.790. The molecule has 0 aromatic heterocycles. The third kappa shape index (κ3) is 5.00. The maximum Gasteiger partial charge on any atom is 0.0406 e. The van der Waals surface area contributed by atoms with Gasteiger partial charge in [-0.3, -0.25) is 0 Å². The van der Waals surface area contributed by atoms with Gasteiger partial charge in [0.2, 0.25) is 0 Å². The highest BCUT2D eigenvalue weighted by Crippen LogP contribution is 2.18. The van der Waals surface area contributed by atoms with Gasteiger partial charge in [0, 0.05) is 9.85 Å². The lowest BCUT2D eigenvalue weighted by molar-refractivity contribution is 0.763. The standard InChI is InChI=1S/C17H18BrCl/c1-13-2-4-14(5-3-13)6-9-16(18)12-15-7-10-17(19)11-8-15/h2-5,7-8,10-11,16H,6,9,12H2,1H3. The van der Waals surface area contributed by atoms with E-state index in [9.17, 15) is 0 Å². The average Bonchev–Trinajstić information content (AvgIpc) is 2.41. The fourth-order valence-electron chi connectivity index (χ4n) is 2.06. The normalized spacial score (nSPS) is 12.4. The lowest BCUT2D eigenvalue weighted by atomic mass is 10.0. The quantitative estimate of drug-likeness (QED) is 0.624. The molecule has 0 saturated carbocycles. The summed E-state index contributed by atoms with van der Waals surface area (Å²) in [7, 11) is 0. The second-order valence-corrected chi connectivity index (χ2v) is 6.68. The zero-order valence-corrected chi connectivity index (χ0v) is 13.4. The van der Waals surface area contributed by atoms with Crippen LogP contribution in [0, 0.1) is 6.92 Å². The molecule has 0 radical (unpaired) electrons. The SMILES string of the molecule is Cc1ccc(CCC(Br)Cc2ccc(Cl)cc2)cc1. The van der Waals surface area contributed by atoms with Crippen LogP contribution in [0.2, 0.25) is 5.02 Å². The fraction of sp³-hybridized carbons (Fsp3) is 0.294. The first-order valence-corrected chi connectivity index (χ1v) is 7.87. The fourth-order valence-corrected chi connectivity index (χ4v) is 2.79. The number of rotatable bonds is 5. The number of hydrogen-bond acceptors (Lipinski definition) is 0. The third-order valence-electron chi connectivity index (χ3n) is 3.24. The summed E-state index contributed by atoms with van der Waals surface area (Å²) >= 11 is 9.66. The first-order chi connectivity index (χ1) is 9.13. The highest BCUT2D eigenvalue weighted by molar-refractivity contribution is 9.09. The van der Waals surface area contributed by atoms with Crippen molar-refractivity contribution in [2.75, 3.05) is 0 Å². The molecule has 0 bridgehead atoms. The van der Waals surface area contributed by atoms with Crippen LogP contribution in [-0.4, -0.2) is 4.83 Å². The van der Waals surface area contributed by atoms with Gasteiger partial charge in [-0.25, -0.2) is 0 Å².